The van der Waals surface area contributed by atoms with Gasteiger partial charge in [-0.25, -0.2) is 9.97 Å². The standard InChI is InChI=1S/C29H40N4O3Si/c1-19(34)36-26-16-22(15-21(26)17-35-37(5,6)29(2,3)4)33-14-13-24-27(30-18-31-28(24)33)32-25-12-11-20-9-7-8-10-23(20)25/h7-10,13-14,18,21-22,25-26H,11-12,15-17H2,1-6H3,(H,30,31,32)/t21-,22-,25-,26-/m0/s1. The third-order valence-electron chi connectivity index (χ3n) is 8.73. The van der Waals surface area contributed by atoms with Crippen LogP contribution in [-0.4, -0.2) is 41.5 Å². The Hall–Kier alpha value is -2.71. The first kappa shape index (κ1) is 25.9. The molecule has 2 aromatic heterocycles. The predicted molar refractivity (Wildman–Crippen MR) is 149 cm³/mol. The van der Waals surface area contributed by atoms with E-state index in [4.69, 9.17) is 9.16 Å². The highest BCUT2D eigenvalue weighted by molar-refractivity contribution is 6.74. The van der Waals surface area contributed by atoms with Gasteiger partial charge in [0.1, 0.15) is 23.9 Å². The van der Waals surface area contributed by atoms with Crippen molar-refractivity contribution in [2.45, 2.75) is 89.7 Å². The molecule has 1 saturated carbocycles. The summed E-state index contributed by atoms with van der Waals surface area (Å²) in [5.41, 5.74) is 3.69. The van der Waals surface area contributed by atoms with E-state index in [0.717, 1.165) is 42.5 Å². The van der Waals surface area contributed by atoms with E-state index < -0.39 is 8.32 Å². The zero-order valence-electron chi connectivity index (χ0n) is 23.0. The van der Waals surface area contributed by atoms with Crippen LogP contribution in [0.25, 0.3) is 11.0 Å². The maximum atomic E-state index is 11.9. The van der Waals surface area contributed by atoms with Crippen LogP contribution in [0.15, 0.2) is 42.9 Å². The van der Waals surface area contributed by atoms with Crippen molar-refractivity contribution in [1.82, 2.24) is 14.5 Å². The number of hydrogen-bond donors (Lipinski definition) is 1. The highest BCUT2D eigenvalue weighted by Crippen LogP contribution is 2.42. The van der Waals surface area contributed by atoms with Gasteiger partial charge in [-0.1, -0.05) is 45.0 Å². The van der Waals surface area contributed by atoms with E-state index in [-0.39, 0.29) is 35.1 Å². The molecule has 8 heteroatoms. The first-order chi connectivity index (χ1) is 17.5. The summed E-state index contributed by atoms with van der Waals surface area (Å²) < 4.78 is 14.6. The Bertz CT molecular complexity index is 1280. The molecule has 0 aliphatic heterocycles. The van der Waals surface area contributed by atoms with Crippen molar-refractivity contribution in [3.63, 3.8) is 0 Å². The molecule has 5 rings (SSSR count). The zero-order valence-corrected chi connectivity index (χ0v) is 24.0. The number of fused-ring (bicyclic) bond motifs is 2. The average Bonchev–Trinajstić information content (AvgIpc) is 3.54. The number of nitrogens with zero attached hydrogens (tertiary/aromatic N) is 3. The van der Waals surface area contributed by atoms with Gasteiger partial charge in [0.15, 0.2) is 8.32 Å². The minimum absolute atomic E-state index is 0.138. The molecule has 1 fully saturated rings. The first-order valence-electron chi connectivity index (χ1n) is 13.5. The predicted octanol–water partition coefficient (Wildman–Crippen LogP) is 6.44. The second-order valence-corrected chi connectivity index (χ2v) is 17.0. The molecule has 198 valence electrons. The molecule has 7 nitrogen and oxygen atoms in total. The van der Waals surface area contributed by atoms with Crippen LogP contribution < -0.4 is 5.32 Å². The number of carbonyl (C=O) groups excluding carboxylic acids is 1. The lowest BCUT2D eigenvalue weighted by molar-refractivity contribution is -0.148. The number of anilines is 1. The summed E-state index contributed by atoms with van der Waals surface area (Å²) in [5.74, 6) is 0.804. The second-order valence-electron chi connectivity index (χ2n) is 12.2. The zero-order chi connectivity index (χ0) is 26.4. The number of aryl methyl sites for hydroxylation is 1. The van der Waals surface area contributed by atoms with Gasteiger partial charge in [0, 0.05) is 38.1 Å². The van der Waals surface area contributed by atoms with Crippen molar-refractivity contribution in [3.8, 4) is 0 Å². The molecule has 37 heavy (non-hydrogen) atoms. The van der Waals surface area contributed by atoms with Crippen molar-refractivity contribution >= 4 is 31.1 Å². The van der Waals surface area contributed by atoms with E-state index in [1.54, 1.807) is 6.33 Å². The van der Waals surface area contributed by atoms with E-state index in [1.807, 2.05) is 0 Å². The molecule has 0 unspecified atom stereocenters. The minimum Gasteiger partial charge on any atom is -0.462 e. The number of benzene rings is 1. The molecule has 0 bridgehead atoms. The van der Waals surface area contributed by atoms with Gasteiger partial charge < -0.3 is 19.0 Å². The van der Waals surface area contributed by atoms with Crippen LogP contribution in [0.3, 0.4) is 0 Å². The molecule has 0 amide bonds. The number of carbonyl (C=O) groups is 1. The fraction of sp³-hybridized carbons (Fsp3) is 0.552. The fourth-order valence-corrected chi connectivity index (χ4v) is 6.67. The van der Waals surface area contributed by atoms with Gasteiger partial charge >= 0.3 is 5.97 Å². The fourth-order valence-electron chi connectivity index (χ4n) is 5.60. The molecule has 1 aromatic carbocycles. The molecule has 2 heterocycles. The topological polar surface area (TPSA) is 78.3 Å². The molecule has 0 radical (unpaired) electrons. The normalized spacial score (nSPS) is 23.8. The van der Waals surface area contributed by atoms with Crippen molar-refractivity contribution in [3.05, 3.63) is 54.0 Å². The number of esters is 1. The summed E-state index contributed by atoms with van der Waals surface area (Å²) >= 11 is 0. The van der Waals surface area contributed by atoms with Gasteiger partial charge in [-0.15, -0.1) is 0 Å². The Morgan fingerprint density at radius 2 is 1.95 bits per heavy atom. The number of aromatic nitrogens is 3. The van der Waals surface area contributed by atoms with Crippen LogP contribution in [0.5, 0.6) is 0 Å². The lowest BCUT2D eigenvalue weighted by Gasteiger charge is -2.37. The SMILES string of the molecule is CC(=O)O[C@H]1C[C@@H](n2ccc3c(N[C@H]4CCc5ccccc54)ncnc32)C[C@H]1CO[Si](C)(C)C(C)(C)C. The summed E-state index contributed by atoms with van der Waals surface area (Å²) in [6, 6.07) is 11.2. The highest BCUT2D eigenvalue weighted by Gasteiger charge is 2.42. The number of hydrogen-bond acceptors (Lipinski definition) is 6. The molecule has 1 N–H and O–H groups in total. The summed E-state index contributed by atoms with van der Waals surface area (Å²) in [4.78, 5) is 21.2. The van der Waals surface area contributed by atoms with Crippen LogP contribution in [0.4, 0.5) is 5.82 Å². The van der Waals surface area contributed by atoms with Gasteiger partial charge in [0.25, 0.3) is 0 Å². The Balaban J connectivity index is 1.36. The van der Waals surface area contributed by atoms with Crippen LogP contribution in [-0.2, 0) is 20.4 Å². The molecule has 0 spiro atoms. The number of rotatable bonds is 7. The first-order valence-corrected chi connectivity index (χ1v) is 16.4. The summed E-state index contributed by atoms with van der Waals surface area (Å²) in [5, 5.41) is 4.85. The monoisotopic (exact) mass is 520 g/mol. The summed E-state index contributed by atoms with van der Waals surface area (Å²) in [6.45, 7) is 13.4. The van der Waals surface area contributed by atoms with Gasteiger partial charge in [-0.2, -0.15) is 0 Å². The Morgan fingerprint density at radius 1 is 1.16 bits per heavy atom. The van der Waals surface area contributed by atoms with E-state index in [2.05, 4.69) is 90.2 Å². The van der Waals surface area contributed by atoms with E-state index in [9.17, 15) is 4.79 Å². The van der Waals surface area contributed by atoms with Crippen molar-refractivity contribution in [2.24, 2.45) is 5.92 Å². The maximum absolute atomic E-state index is 11.9. The molecule has 2 aliphatic carbocycles. The number of ether oxygens (including phenoxy) is 1. The van der Waals surface area contributed by atoms with Gasteiger partial charge in [0.2, 0.25) is 0 Å². The van der Waals surface area contributed by atoms with E-state index in [0.29, 0.717) is 6.61 Å². The molecule has 2 aliphatic rings. The lowest BCUT2D eigenvalue weighted by atomic mass is 10.1. The van der Waals surface area contributed by atoms with Crippen LogP contribution in [0.1, 0.15) is 70.2 Å². The lowest BCUT2D eigenvalue weighted by Crippen LogP contribution is -2.42. The third-order valence-corrected chi connectivity index (χ3v) is 13.2. The summed E-state index contributed by atoms with van der Waals surface area (Å²) in [6.07, 6.45) is 7.41. The number of nitrogens with one attached hydrogen (secondary N) is 1. The van der Waals surface area contributed by atoms with E-state index in [1.165, 1.54) is 18.1 Å². The summed E-state index contributed by atoms with van der Waals surface area (Å²) in [7, 11) is -1.90. The Kier molecular flexibility index (Phi) is 6.91. The van der Waals surface area contributed by atoms with Gasteiger partial charge in [-0.3, -0.25) is 4.79 Å². The van der Waals surface area contributed by atoms with Gasteiger partial charge in [0.05, 0.1) is 11.4 Å². The molecule has 0 saturated heterocycles. The molecule has 4 atom stereocenters. The largest absolute Gasteiger partial charge is 0.462 e. The maximum Gasteiger partial charge on any atom is 0.302 e. The van der Waals surface area contributed by atoms with Crippen molar-refractivity contribution < 1.29 is 14.0 Å². The molecular weight excluding hydrogens is 480 g/mol. The average molecular weight is 521 g/mol. The van der Waals surface area contributed by atoms with E-state index >= 15 is 0 Å². The Morgan fingerprint density at radius 3 is 2.70 bits per heavy atom. The van der Waals surface area contributed by atoms with Crippen molar-refractivity contribution in [2.75, 3.05) is 11.9 Å². The molecular formula is C29H40N4O3Si. The second kappa shape index (κ2) is 9.87. The van der Waals surface area contributed by atoms with Crippen molar-refractivity contribution in [1.29, 1.82) is 0 Å². The minimum atomic E-state index is -1.90. The Labute approximate surface area is 221 Å². The van der Waals surface area contributed by atoms with Crippen LogP contribution in [0.2, 0.25) is 18.1 Å². The van der Waals surface area contributed by atoms with Crippen LogP contribution in [0, 0.1) is 5.92 Å². The third kappa shape index (κ3) is 5.18. The highest BCUT2D eigenvalue weighted by atomic mass is 28.4. The molecule has 3 aromatic rings. The quantitative estimate of drug-likeness (QED) is 0.285. The van der Waals surface area contributed by atoms with Gasteiger partial charge in [-0.05, 0) is 54.6 Å². The smallest absolute Gasteiger partial charge is 0.302 e. The van der Waals surface area contributed by atoms with Crippen LogP contribution >= 0.6 is 0 Å².